The van der Waals surface area contributed by atoms with Gasteiger partial charge in [0, 0.05) is 30.4 Å². The fraction of sp³-hybridized carbons (Fsp3) is 0.429. The van der Waals surface area contributed by atoms with E-state index in [4.69, 9.17) is 4.52 Å². The molecule has 3 rings (SSSR count). The number of carbonyl (C=O) groups excluding carboxylic acids is 1. The lowest BCUT2D eigenvalue weighted by atomic mass is 10.1. The van der Waals surface area contributed by atoms with Gasteiger partial charge in [-0.1, -0.05) is 5.16 Å². The highest BCUT2D eigenvalue weighted by atomic mass is 16.5. The van der Waals surface area contributed by atoms with Crippen LogP contribution in [0.5, 0.6) is 0 Å². The van der Waals surface area contributed by atoms with Crippen molar-refractivity contribution in [2.24, 2.45) is 0 Å². The minimum absolute atomic E-state index is 0.273. The molecular weight excluding hydrogens is 228 g/mol. The largest absolute Gasteiger partial charge is 0.359 e. The zero-order valence-electron chi connectivity index (χ0n) is 10.5. The third-order valence-corrected chi connectivity index (χ3v) is 3.38. The van der Waals surface area contributed by atoms with E-state index < -0.39 is 0 Å². The normalized spacial score (nSPS) is 15.5. The molecular formula is C14H16N2O2. The quantitative estimate of drug-likeness (QED) is 0.763. The maximum absolute atomic E-state index is 11.9. The van der Waals surface area contributed by atoms with Gasteiger partial charge in [0.05, 0.1) is 12.2 Å². The Bertz CT molecular complexity index is 580. The first-order valence-electron chi connectivity index (χ1n) is 6.36. The summed E-state index contributed by atoms with van der Waals surface area (Å²) in [5.74, 6) is 1.10. The second kappa shape index (κ2) is 4.44. The highest BCUT2D eigenvalue weighted by Gasteiger charge is 2.17. The van der Waals surface area contributed by atoms with Crippen LogP contribution in [0.4, 0.5) is 0 Å². The molecule has 0 amide bonds. The Morgan fingerprint density at radius 1 is 1.33 bits per heavy atom. The van der Waals surface area contributed by atoms with Crippen molar-refractivity contribution < 1.29 is 9.32 Å². The lowest BCUT2D eigenvalue weighted by Crippen LogP contribution is -1.98. The first kappa shape index (κ1) is 11.3. The van der Waals surface area contributed by atoms with Gasteiger partial charge in [-0.2, -0.15) is 0 Å². The summed E-state index contributed by atoms with van der Waals surface area (Å²) in [5, 5.41) is 3.87. The maximum atomic E-state index is 11.9. The van der Waals surface area contributed by atoms with Crippen LogP contribution in [0, 0.1) is 6.92 Å². The third kappa shape index (κ3) is 2.10. The molecule has 0 atom stereocenters. The highest BCUT2D eigenvalue weighted by molar-refractivity contribution is 5.97. The van der Waals surface area contributed by atoms with Crippen molar-refractivity contribution in [3.63, 3.8) is 0 Å². The molecule has 0 aliphatic heterocycles. The van der Waals surface area contributed by atoms with E-state index >= 15 is 0 Å². The van der Waals surface area contributed by atoms with Gasteiger partial charge in [0.2, 0.25) is 0 Å². The van der Waals surface area contributed by atoms with Crippen molar-refractivity contribution in [1.29, 1.82) is 0 Å². The molecule has 0 bridgehead atoms. The Labute approximate surface area is 106 Å². The van der Waals surface area contributed by atoms with E-state index in [-0.39, 0.29) is 5.78 Å². The van der Waals surface area contributed by atoms with Gasteiger partial charge < -0.3 is 9.09 Å². The van der Waals surface area contributed by atoms with Gasteiger partial charge in [0.25, 0.3) is 0 Å². The number of aromatic nitrogens is 2. The monoisotopic (exact) mass is 244 g/mol. The number of hydrogen-bond acceptors (Lipinski definition) is 3. The number of fused-ring (bicyclic) bond motifs is 1. The van der Waals surface area contributed by atoms with Crippen LogP contribution in [0.3, 0.4) is 0 Å². The summed E-state index contributed by atoms with van der Waals surface area (Å²) < 4.78 is 7.22. The predicted octanol–water partition coefficient (Wildman–Crippen LogP) is 2.74. The zero-order chi connectivity index (χ0) is 12.5. The van der Waals surface area contributed by atoms with Crippen LogP contribution >= 0.6 is 0 Å². The lowest BCUT2D eigenvalue weighted by Gasteiger charge is -1.98. The molecule has 0 saturated carbocycles. The molecule has 94 valence electrons. The summed E-state index contributed by atoms with van der Waals surface area (Å²) in [6, 6.07) is 1.92. The van der Waals surface area contributed by atoms with E-state index in [0.717, 1.165) is 36.3 Å². The number of carbonyl (C=O) groups is 1. The topological polar surface area (TPSA) is 48.0 Å². The summed E-state index contributed by atoms with van der Waals surface area (Å²) in [5.41, 5.74) is 2.95. The number of nitrogens with zero attached hydrogens (tertiary/aromatic N) is 2. The van der Waals surface area contributed by atoms with E-state index in [9.17, 15) is 4.79 Å². The van der Waals surface area contributed by atoms with Gasteiger partial charge in [-0.25, -0.2) is 0 Å². The molecule has 0 saturated heterocycles. The molecule has 2 heterocycles. The molecule has 2 aromatic heterocycles. The standard InChI is InChI=1S/C14H16N2O2/c1-10-6-12(18-15-10)8-16-7-11-4-2-3-5-14(17)13(11)9-16/h6-7,9H,2-5,8H2,1H3. The predicted molar refractivity (Wildman–Crippen MR) is 66.7 cm³/mol. The average Bonchev–Trinajstić information content (AvgIpc) is 2.88. The summed E-state index contributed by atoms with van der Waals surface area (Å²) in [6.45, 7) is 2.54. The maximum Gasteiger partial charge on any atom is 0.164 e. The van der Waals surface area contributed by atoms with Crippen molar-refractivity contribution in [2.75, 3.05) is 0 Å². The molecule has 0 spiro atoms. The second-order valence-corrected chi connectivity index (χ2v) is 4.93. The van der Waals surface area contributed by atoms with Gasteiger partial charge in [0.1, 0.15) is 0 Å². The van der Waals surface area contributed by atoms with E-state index in [0.29, 0.717) is 13.0 Å². The first-order chi connectivity index (χ1) is 8.72. The van der Waals surface area contributed by atoms with Gasteiger partial charge in [0.15, 0.2) is 11.5 Å². The van der Waals surface area contributed by atoms with Gasteiger partial charge in [-0.05, 0) is 31.7 Å². The SMILES string of the molecule is Cc1cc(Cn2cc3c(c2)C(=O)CCCC3)on1. The van der Waals surface area contributed by atoms with Crippen molar-refractivity contribution in [2.45, 2.75) is 39.2 Å². The van der Waals surface area contributed by atoms with E-state index in [2.05, 4.69) is 11.4 Å². The average molecular weight is 244 g/mol. The summed E-state index contributed by atoms with van der Waals surface area (Å²) in [7, 11) is 0. The highest BCUT2D eigenvalue weighted by Crippen LogP contribution is 2.22. The minimum Gasteiger partial charge on any atom is -0.359 e. The van der Waals surface area contributed by atoms with Crippen LogP contribution in [-0.2, 0) is 13.0 Å². The molecule has 0 N–H and O–H groups in total. The number of hydrogen-bond donors (Lipinski definition) is 0. The number of rotatable bonds is 2. The zero-order valence-corrected chi connectivity index (χ0v) is 10.5. The van der Waals surface area contributed by atoms with Crippen LogP contribution < -0.4 is 0 Å². The molecule has 4 heteroatoms. The van der Waals surface area contributed by atoms with Crippen LogP contribution in [0.2, 0.25) is 0 Å². The van der Waals surface area contributed by atoms with E-state index in [1.54, 1.807) is 0 Å². The van der Waals surface area contributed by atoms with Gasteiger partial charge >= 0.3 is 0 Å². The lowest BCUT2D eigenvalue weighted by molar-refractivity contribution is 0.0982. The third-order valence-electron chi connectivity index (χ3n) is 3.38. The molecule has 4 nitrogen and oxygen atoms in total. The number of aryl methyl sites for hydroxylation is 2. The number of ketones is 1. The Morgan fingerprint density at radius 3 is 2.94 bits per heavy atom. The fourth-order valence-electron chi connectivity index (χ4n) is 2.50. The molecule has 0 radical (unpaired) electrons. The van der Waals surface area contributed by atoms with E-state index in [1.807, 2.05) is 23.8 Å². The van der Waals surface area contributed by atoms with Crippen LogP contribution in [0.1, 0.15) is 46.6 Å². The molecule has 0 unspecified atom stereocenters. The molecule has 18 heavy (non-hydrogen) atoms. The molecule has 1 aliphatic rings. The summed E-state index contributed by atoms with van der Waals surface area (Å²) >= 11 is 0. The summed E-state index contributed by atoms with van der Waals surface area (Å²) in [4.78, 5) is 11.9. The molecule has 1 aliphatic carbocycles. The van der Waals surface area contributed by atoms with E-state index in [1.165, 1.54) is 5.56 Å². The molecule has 0 aromatic carbocycles. The van der Waals surface area contributed by atoms with Crippen molar-refractivity contribution in [1.82, 2.24) is 9.72 Å². The summed E-state index contributed by atoms with van der Waals surface area (Å²) in [6.07, 6.45) is 7.80. The Morgan fingerprint density at radius 2 is 2.17 bits per heavy atom. The smallest absolute Gasteiger partial charge is 0.164 e. The van der Waals surface area contributed by atoms with Crippen molar-refractivity contribution >= 4 is 5.78 Å². The van der Waals surface area contributed by atoms with Crippen LogP contribution in [-0.4, -0.2) is 15.5 Å². The Kier molecular flexibility index (Phi) is 2.78. The number of Topliss-reactive ketones (excluding diaryl/α,β-unsaturated/α-hetero) is 1. The Hall–Kier alpha value is -1.84. The van der Waals surface area contributed by atoms with Crippen molar-refractivity contribution in [3.8, 4) is 0 Å². The fourth-order valence-corrected chi connectivity index (χ4v) is 2.50. The minimum atomic E-state index is 0.273. The van der Waals surface area contributed by atoms with Gasteiger partial charge in [-0.3, -0.25) is 4.79 Å². The first-order valence-corrected chi connectivity index (χ1v) is 6.36. The van der Waals surface area contributed by atoms with Crippen LogP contribution in [0.15, 0.2) is 23.0 Å². The molecule has 2 aromatic rings. The molecule has 0 fully saturated rings. The van der Waals surface area contributed by atoms with Gasteiger partial charge in [-0.15, -0.1) is 0 Å². The second-order valence-electron chi connectivity index (χ2n) is 4.93. The van der Waals surface area contributed by atoms with Crippen LogP contribution in [0.25, 0.3) is 0 Å². The Balaban J connectivity index is 1.86. The van der Waals surface area contributed by atoms with Crippen molar-refractivity contribution in [3.05, 3.63) is 41.0 Å².